The van der Waals surface area contributed by atoms with E-state index in [1.165, 1.54) is 0 Å². The van der Waals surface area contributed by atoms with Gasteiger partial charge in [-0.3, -0.25) is 0 Å². The van der Waals surface area contributed by atoms with Crippen molar-refractivity contribution in [3.8, 4) is 0 Å². The lowest BCUT2D eigenvalue weighted by molar-refractivity contribution is 0.216. The van der Waals surface area contributed by atoms with Gasteiger partial charge in [-0.1, -0.05) is 12.1 Å². The molecule has 1 unspecified atom stereocenters. The lowest BCUT2D eigenvalue weighted by Crippen LogP contribution is -2.03. The summed E-state index contributed by atoms with van der Waals surface area (Å²) in [5.41, 5.74) is 1.32. The molecule has 1 heterocycles. The molecule has 0 radical (unpaired) electrons. The van der Waals surface area contributed by atoms with Gasteiger partial charge in [0.1, 0.15) is 17.7 Å². The molecule has 19 heavy (non-hydrogen) atoms. The Morgan fingerprint density at radius 3 is 2.68 bits per heavy atom. The quantitative estimate of drug-likeness (QED) is 0.725. The first-order chi connectivity index (χ1) is 9.16. The summed E-state index contributed by atoms with van der Waals surface area (Å²) in [7, 11) is 0. The molecule has 0 aliphatic rings. The van der Waals surface area contributed by atoms with Crippen molar-refractivity contribution < 1.29 is 13.9 Å². The molecule has 0 aliphatic heterocycles. The summed E-state index contributed by atoms with van der Waals surface area (Å²) in [6.07, 6.45) is 0.540. The highest BCUT2D eigenvalue weighted by Gasteiger charge is 2.18. The zero-order chi connectivity index (χ0) is 13.4. The van der Waals surface area contributed by atoms with Crippen LogP contribution in [0.15, 0.2) is 48.7 Å². The molecule has 0 bridgehead atoms. The van der Waals surface area contributed by atoms with Gasteiger partial charge < -0.3 is 10.1 Å². The average Bonchev–Trinajstić information content (AvgIpc) is 2.89. The van der Waals surface area contributed by atoms with E-state index in [2.05, 4.69) is 4.98 Å². The van der Waals surface area contributed by atoms with Crippen molar-refractivity contribution in [3.05, 3.63) is 71.4 Å². The minimum absolute atomic E-state index is 0.0614. The first kappa shape index (κ1) is 11.9. The number of hydrogen-bond donors (Lipinski definition) is 2. The monoisotopic (exact) mass is 259 g/mol. The summed E-state index contributed by atoms with van der Waals surface area (Å²) < 4.78 is 26.9. The SMILES string of the molecule is OC(c1cc(F)ccc1F)c1cccc2[nH]ccc12. The molecule has 2 N–H and O–H groups in total. The van der Waals surface area contributed by atoms with E-state index in [0.29, 0.717) is 5.56 Å². The number of hydrogen-bond acceptors (Lipinski definition) is 1. The van der Waals surface area contributed by atoms with Crippen molar-refractivity contribution in [2.24, 2.45) is 0 Å². The standard InChI is InChI=1S/C15H11F2NO/c16-9-4-5-13(17)12(8-9)15(19)11-2-1-3-14-10(11)6-7-18-14/h1-8,15,18-19H. The second kappa shape index (κ2) is 4.48. The highest BCUT2D eigenvalue weighted by molar-refractivity contribution is 5.83. The van der Waals surface area contributed by atoms with Crippen LogP contribution in [0.5, 0.6) is 0 Å². The van der Waals surface area contributed by atoms with Crippen molar-refractivity contribution in [1.29, 1.82) is 0 Å². The minimum Gasteiger partial charge on any atom is -0.384 e. The van der Waals surface area contributed by atoms with Crippen molar-refractivity contribution in [2.75, 3.05) is 0 Å². The molecule has 2 nitrogen and oxygen atoms in total. The zero-order valence-electron chi connectivity index (χ0n) is 9.90. The van der Waals surface area contributed by atoms with Gasteiger partial charge in [-0.25, -0.2) is 8.78 Å². The van der Waals surface area contributed by atoms with Gasteiger partial charge in [0.2, 0.25) is 0 Å². The number of aromatic amines is 1. The van der Waals surface area contributed by atoms with Crippen LogP contribution in [0.1, 0.15) is 17.2 Å². The Labute approximate surface area is 108 Å². The molecule has 0 saturated heterocycles. The molecular weight excluding hydrogens is 248 g/mol. The summed E-state index contributed by atoms with van der Waals surface area (Å²) >= 11 is 0. The van der Waals surface area contributed by atoms with Crippen molar-refractivity contribution >= 4 is 10.9 Å². The fourth-order valence-corrected chi connectivity index (χ4v) is 2.24. The van der Waals surface area contributed by atoms with Gasteiger partial charge in [-0.15, -0.1) is 0 Å². The third kappa shape index (κ3) is 2.00. The number of rotatable bonds is 2. The number of fused-ring (bicyclic) bond motifs is 1. The van der Waals surface area contributed by atoms with Crippen LogP contribution in [0.4, 0.5) is 8.78 Å². The molecule has 0 aliphatic carbocycles. The van der Waals surface area contributed by atoms with Crippen molar-refractivity contribution in [2.45, 2.75) is 6.10 Å². The summed E-state index contributed by atoms with van der Waals surface area (Å²) in [6.45, 7) is 0. The number of aromatic nitrogens is 1. The van der Waals surface area contributed by atoms with E-state index >= 15 is 0 Å². The van der Waals surface area contributed by atoms with Crippen molar-refractivity contribution in [3.63, 3.8) is 0 Å². The van der Waals surface area contributed by atoms with Crippen LogP contribution in [0, 0.1) is 11.6 Å². The molecule has 1 aromatic heterocycles. The third-order valence-corrected chi connectivity index (χ3v) is 3.18. The fraction of sp³-hybridized carbons (Fsp3) is 0.0667. The Morgan fingerprint density at radius 1 is 1.00 bits per heavy atom. The maximum Gasteiger partial charge on any atom is 0.129 e. The fourth-order valence-electron chi connectivity index (χ4n) is 2.24. The van der Waals surface area contributed by atoms with E-state index in [4.69, 9.17) is 0 Å². The van der Waals surface area contributed by atoms with Crippen LogP contribution in [0.3, 0.4) is 0 Å². The van der Waals surface area contributed by atoms with E-state index in [0.717, 1.165) is 29.1 Å². The van der Waals surface area contributed by atoms with E-state index in [-0.39, 0.29) is 5.56 Å². The number of aliphatic hydroxyl groups is 1. The van der Waals surface area contributed by atoms with Crippen molar-refractivity contribution in [1.82, 2.24) is 4.98 Å². The van der Waals surface area contributed by atoms with Gasteiger partial charge >= 0.3 is 0 Å². The molecule has 3 rings (SSSR count). The number of halogens is 2. The molecule has 96 valence electrons. The van der Waals surface area contributed by atoms with Crippen LogP contribution in [-0.2, 0) is 0 Å². The molecule has 1 atom stereocenters. The molecule has 4 heteroatoms. The normalized spacial score (nSPS) is 12.8. The summed E-state index contributed by atoms with van der Waals surface area (Å²) in [5.74, 6) is -1.20. The third-order valence-electron chi connectivity index (χ3n) is 3.18. The van der Waals surface area contributed by atoms with E-state index in [1.54, 1.807) is 24.4 Å². The Bertz CT molecular complexity index is 736. The summed E-state index contributed by atoms with van der Waals surface area (Å²) in [6, 6.07) is 10.2. The number of aliphatic hydroxyl groups excluding tert-OH is 1. The van der Waals surface area contributed by atoms with Crippen LogP contribution in [-0.4, -0.2) is 10.1 Å². The van der Waals surface area contributed by atoms with E-state index in [1.807, 2.05) is 6.07 Å². The maximum atomic E-state index is 13.7. The Balaban J connectivity index is 2.15. The molecule has 0 saturated carbocycles. The van der Waals surface area contributed by atoms with Gasteiger partial charge in [0.25, 0.3) is 0 Å². The first-order valence-electron chi connectivity index (χ1n) is 5.86. The summed E-state index contributed by atoms with van der Waals surface area (Å²) in [5, 5.41) is 11.1. The van der Waals surface area contributed by atoms with E-state index in [9.17, 15) is 13.9 Å². The smallest absolute Gasteiger partial charge is 0.129 e. The Morgan fingerprint density at radius 2 is 1.84 bits per heavy atom. The number of benzene rings is 2. The lowest BCUT2D eigenvalue weighted by atomic mass is 9.98. The van der Waals surface area contributed by atoms with Crippen LogP contribution in [0.25, 0.3) is 10.9 Å². The number of nitrogens with one attached hydrogen (secondary N) is 1. The Kier molecular flexibility index (Phi) is 2.80. The first-order valence-corrected chi connectivity index (χ1v) is 5.86. The number of H-pyrrole nitrogens is 1. The highest BCUT2D eigenvalue weighted by Crippen LogP contribution is 2.30. The predicted octanol–water partition coefficient (Wildman–Crippen LogP) is 3.53. The molecule has 0 fully saturated rings. The molecule has 0 amide bonds. The molecule has 3 aromatic rings. The van der Waals surface area contributed by atoms with Gasteiger partial charge in [-0.05, 0) is 35.9 Å². The highest BCUT2D eigenvalue weighted by atomic mass is 19.1. The van der Waals surface area contributed by atoms with Crippen LogP contribution in [0.2, 0.25) is 0 Å². The Hall–Kier alpha value is -2.20. The van der Waals surface area contributed by atoms with Gasteiger partial charge in [0, 0.05) is 22.7 Å². The van der Waals surface area contributed by atoms with E-state index < -0.39 is 17.7 Å². The van der Waals surface area contributed by atoms with Gasteiger partial charge in [0.05, 0.1) is 0 Å². The molecule has 2 aromatic carbocycles. The van der Waals surface area contributed by atoms with Crippen LogP contribution < -0.4 is 0 Å². The topological polar surface area (TPSA) is 36.0 Å². The van der Waals surface area contributed by atoms with Gasteiger partial charge in [-0.2, -0.15) is 0 Å². The zero-order valence-corrected chi connectivity index (χ0v) is 9.90. The average molecular weight is 259 g/mol. The largest absolute Gasteiger partial charge is 0.384 e. The maximum absolute atomic E-state index is 13.7. The molecule has 0 spiro atoms. The second-order valence-electron chi connectivity index (χ2n) is 4.35. The second-order valence-corrected chi connectivity index (χ2v) is 4.35. The minimum atomic E-state index is -1.20. The van der Waals surface area contributed by atoms with Crippen LogP contribution >= 0.6 is 0 Å². The summed E-state index contributed by atoms with van der Waals surface area (Å²) in [4.78, 5) is 3.01. The van der Waals surface area contributed by atoms with Gasteiger partial charge in [0.15, 0.2) is 0 Å². The predicted molar refractivity (Wildman–Crippen MR) is 68.7 cm³/mol. The molecular formula is C15H11F2NO. The lowest BCUT2D eigenvalue weighted by Gasteiger charge is -2.13.